The molecule has 1 amide bonds. The summed E-state index contributed by atoms with van der Waals surface area (Å²) >= 11 is 0. The van der Waals surface area contributed by atoms with Crippen LogP contribution in [0.3, 0.4) is 0 Å². The minimum atomic E-state index is -0.0521. The fourth-order valence-electron chi connectivity index (χ4n) is 3.88. The van der Waals surface area contributed by atoms with Crippen molar-refractivity contribution in [3.05, 3.63) is 90.5 Å². The first-order chi connectivity index (χ1) is 16.3. The lowest BCUT2D eigenvalue weighted by Gasteiger charge is -2.11. The molecule has 0 saturated carbocycles. The number of para-hydroxylation sites is 5. The predicted octanol–water partition coefficient (Wildman–Crippen LogP) is 4.24. The second-order valence-corrected chi connectivity index (χ2v) is 7.86. The Balaban J connectivity index is 1.20. The summed E-state index contributed by atoms with van der Waals surface area (Å²) in [6, 6.07) is 25.4. The van der Waals surface area contributed by atoms with E-state index in [-0.39, 0.29) is 19.1 Å². The highest BCUT2D eigenvalue weighted by Gasteiger charge is 2.14. The van der Waals surface area contributed by atoms with E-state index in [2.05, 4.69) is 20.3 Å². The maximum atomic E-state index is 12.7. The van der Waals surface area contributed by atoms with Gasteiger partial charge in [0.1, 0.15) is 30.5 Å². The lowest BCUT2D eigenvalue weighted by molar-refractivity contribution is -0.121. The normalized spacial score (nSPS) is 11.2. The van der Waals surface area contributed by atoms with Gasteiger partial charge in [0.2, 0.25) is 5.91 Å². The molecule has 2 heterocycles. The minimum absolute atomic E-state index is 0.0521. The third kappa shape index (κ3) is 4.87. The molecule has 166 valence electrons. The Kier molecular flexibility index (Phi) is 6.01. The molecule has 0 aliphatic heterocycles. The van der Waals surface area contributed by atoms with Crippen LogP contribution in [0, 0.1) is 0 Å². The van der Waals surface area contributed by atoms with Gasteiger partial charge in [0.15, 0.2) is 0 Å². The molecule has 0 saturated heterocycles. The summed E-state index contributed by atoms with van der Waals surface area (Å²) in [6.45, 7) is 1.06. The van der Waals surface area contributed by atoms with Gasteiger partial charge in [-0.25, -0.2) is 9.97 Å². The molecule has 0 spiro atoms. The Morgan fingerprint density at radius 3 is 2.52 bits per heavy atom. The number of imidazole rings is 2. The van der Waals surface area contributed by atoms with Gasteiger partial charge in [-0.05, 0) is 42.8 Å². The number of benzene rings is 3. The van der Waals surface area contributed by atoms with E-state index < -0.39 is 0 Å². The zero-order chi connectivity index (χ0) is 22.5. The van der Waals surface area contributed by atoms with Crippen LogP contribution >= 0.6 is 0 Å². The first-order valence-corrected chi connectivity index (χ1v) is 11.1. The molecule has 33 heavy (non-hydrogen) atoms. The Morgan fingerprint density at radius 2 is 1.67 bits per heavy atom. The fraction of sp³-hybridized carbons (Fsp3) is 0.192. The van der Waals surface area contributed by atoms with E-state index in [4.69, 9.17) is 4.74 Å². The van der Waals surface area contributed by atoms with E-state index in [1.807, 2.05) is 83.4 Å². The van der Waals surface area contributed by atoms with Gasteiger partial charge in [0.25, 0.3) is 0 Å². The zero-order valence-corrected chi connectivity index (χ0v) is 18.2. The molecular weight excluding hydrogens is 414 g/mol. The number of rotatable bonds is 9. The van der Waals surface area contributed by atoms with Crippen molar-refractivity contribution in [1.29, 1.82) is 0 Å². The number of carbonyl (C=O) groups excluding carboxylic acids is 1. The summed E-state index contributed by atoms with van der Waals surface area (Å²) in [4.78, 5) is 25.3. The summed E-state index contributed by atoms with van der Waals surface area (Å²) in [5, 5.41) is 3.02. The average Bonchev–Trinajstić information content (AvgIpc) is 3.42. The van der Waals surface area contributed by atoms with Crippen LogP contribution in [0.15, 0.2) is 78.9 Å². The Morgan fingerprint density at radius 1 is 0.909 bits per heavy atom. The molecule has 0 aliphatic carbocycles. The van der Waals surface area contributed by atoms with Crippen LogP contribution < -0.4 is 10.1 Å². The maximum Gasteiger partial charge on any atom is 0.240 e. The topological polar surface area (TPSA) is 84.8 Å². The smallest absolute Gasteiger partial charge is 0.240 e. The van der Waals surface area contributed by atoms with Gasteiger partial charge in [0, 0.05) is 13.0 Å². The molecule has 3 aromatic carbocycles. The number of hydrogen-bond donors (Lipinski definition) is 2. The predicted molar refractivity (Wildman–Crippen MR) is 128 cm³/mol. The molecule has 0 fully saturated rings. The molecule has 2 N–H and O–H groups in total. The monoisotopic (exact) mass is 439 g/mol. The number of aromatic nitrogens is 4. The molecule has 0 aliphatic rings. The van der Waals surface area contributed by atoms with Crippen LogP contribution in [0.4, 0.5) is 0 Å². The second kappa shape index (κ2) is 9.56. The first-order valence-electron chi connectivity index (χ1n) is 11.1. The molecular formula is C26H25N5O2. The van der Waals surface area contributed by atoms with Gasteiger partial charge in [0.05, 0.1) is 22.1 Å². The quantitative estimate of drug-likeness (QED) is 0.337. The van der Waals surface area contributed by atoms with E-state index >= 15 is 0 Å². The minimum Gasteiger partial charge on any atom is -0.486 e. The van der Waals surface area contributed by atoms with Crippen LogP contribution in [-0.4, -0.2) is 32.0 Å². The molecule has 5 aromatic rings. The third-order valence-electron chi connectivity index (χ3n) is 5.50. The molecule has 0 unspecified atom stereocenters. The SMILES string of the molecule is O=C(Cn1c(COc2ccccc2)nc2ccccc21)NCCCc1nc2ccccc2[nH]1. The van der Waals surface area contributed by atoms with E-state index in [1.165, 1.54) is 0 Å². The van der Waals surface area contributed by atoms with Crippen molar-refractivity contribution in [3.8, 4) is 5.75 Å². The van der Waals surface area contributed by atoms with Crippen LogP contribution in [0.25, 0.3) is 22.1 Å². The first kappa shape index (κ1) is 20.8. The summed E-state index contributed by atoms with van der Waals surface area (Å²) in [7, 11) is 0. The van der Waals surface area contributed by atoms with Gasteiger partial charge in [-0.1, -0.05) is 42.5 Å². The number of carbonyl (C=O) groups is 1. The van der Waals surface area contributed by atoms with Crippen LogP contribution in [0.5, 0.6) is 5.75 Å². The zero-order valence-electron chi connectivity index (χ0n) is 18.2. The van der Waals surface area contributed by atoms with Crippen LogP contribution in [0.1, 0.15) is 18.1 Å². The van der Waals surface area contributed by atoms with Crippen LogP contribution in [-0.2, 0) is 24.4 Å². The summed E-state index contributed by atoms with van der Waals surface area (Å²) in [6.07, 6.45) is 1.58. The number of hydrogen-bond acceptors (Lipinski definition) is 4. The number of amides is 1. The lowest BCUT2D eigenvalue weighted by Crippen LogP contribution is -2.29. The van der Waals surface area contributed by atoms with Gasteiger partial charge in [-0.15, -0.1) is 0 Å². The molecule has 7 heteroatoms. The highest BCUT2D eigenvalue weighted by molar-refractivity contribution is 5.81. The second-order valence-electron chi connectivity index (χ2n) is 7.86. The number of aromatic amines is 1. The number of H-pyrrole nitrogens is 1. The molecule has 0 bridgehead atoms. The van der Waals surface area contributed by atoms with Crippen molar-refractivity contribution < 1.29 is 9.53 Å². The molecule has 0 atom stereocenters. The maximum absolute atomic E-state index is 12.7. The van der Waals surface area contributed by atoms with Crippen molar-refractivity contribution >= 4 is 28.0 Å². The highest BCUT2D eigenvalue weighted by atomic mass is 16.5. The van der Waals surface area contributed by atoms with E-state index in [9.17, 15) is 4.79 Å². The van der Waals surface area contributed by atoms with Gasteiger partial charge >= 0.3 is 0 Å². The van der Waals surface area contributed by atoms with Crippen molar-refractivity contribution in [2.24, 2.45) is 0 Å². The summed E-state index contributed by atoms with van der Waals surface area (Å²) in [5.41, 5.74) is 3.77. The Labute approximate surface area is 191 Å². The number of ether oxygens (including phenoxy) is 1. The van der Waals surface area contributed by atoms with E-state index in [1.54, 1.807) is 0 Å². The standard InChI is InChI=1S/C26H25N5O2/c32-26(27-16-8-15-24-28-20-11-4-5-12-21(20)29-24)17-31-23-14-7-6-13-22(23)30-25(31)18-33-19-9-2-1-3-10-19/h1-7,9-14H,8,15-18H2,(H,27,32)(H,28,29). The van der Waals surface area contributed by atoms with Crippen molar-refractivity contribution in [2.45, 2.75) is 26.0 Å². The largest absolute Gasteiger partial charge is 0.486 e. The molecule has 0 radical (unpaired) electrons. The number of fused-ring (bicyclic) bond motifs is 2. The van der Waals surface area contributed by atoms with E-state index in [0.29, 0.717) is 6.54 Å². The highest BCUT2D eigenvalue weighted by Crippen LogP contribution is 2.18. The van der Waals surface area contributed by atoms with Gasteiger partial charge in [-0.3, -0.25) is 4.79 Å². The van der Waals surface area contributed by atoms with Crippen molar-refractivity contribution in [1.82, 2.24) is 24.8 Å². The summed E-state index contributed by atoms with van der Waals surface area (Å²) < 4.78 is 7.81. The van der Waals surface area contributed by atoms with Gasteiger partial charge < -0.3 is 19.6 Å². The Hall–Kier alpha value is -4.13. The van der Waals surface area contributed by atoms with E-state index in [0.717, 1.165) is 52.3 Å². The van der Waals surface area contributed by atoms with Crippen molar-refractivity contribution in [2.75, 3.05) is 6.54 Å². The molecule has 7 nitrogen and oxygen atoms in total. The number of aryl methyl sites for hydroxylation is 1. The summed E-state index contributed by atoms with van der Waals surface area (Å²) in [5.74, 6) is 2.37. The molecule has 5 rings (SSSR count). The van der Waals surface area contributed by atoms with Gasteiger partial charge in [-0.2, -0.15) is 0 Å². The lowest BCUT2D eigenvalue weighted by atomic mass is 10.3. The Bertz CT molecular complexity index is 1340. The van der Waals surface area contributed by atoms with Crippen LogP contribution in [0.2, 0.25) is 0 Å². The van der Waals surface area contributed by atoms with Crippen molar-refractivity contribution in [3.63, 3.8) is 0 Å². The average molecular weight is 440 g/mol. The number of nitrogens with one attached hydrogen (secondary N) is 2. The third-order valence-corrected chi connectivity index (χ3v) is 5.50. The number of nitrogens with zero attached hydrogens (tertiary/aromatic N) is 3. The molecule has 2 aromatic heterocycles. The fourth-order valence-corrected chi connectivity index (χ4v) is 3.88.